The highest BCUT2D eigenvalue weighted by Crippen LogP contribution is 2.32. The van der Waals surface area contributed by atoms with Crippen LogP contribution in [0.5, 0.6) is 0 Å². The highest BCUT2D eigenvalue weighted by molar-refractivity contribution is 6.31. The van der Waals surface area contributed by atoms with Gasteiger partial charge in [-0.2, -0.15) is 0 Å². The van der Waals surface area contributed by atoms with Crippen LogP contribution in [0.3, 0.4) is 0 Å². The summed E-state index contributed by atoms with van der Waals surface area (Å²) >= 11 is 5.82. The van der Waals surface area contributed by atoms with Crippen LogP contribution in [0.15, 0.2) is 36.8 Å². The first-order chi connectivity index (χ1) is 12.1. The number of allylic oxidation sites excluding steroid dienone is 1. The van der Waals surface area contributed by atoms with Crippen molar-refractivity contribution in [3.05, 3.63) is 64.6 Å². The number of hydrogen-bond donors (Lipinski definition) is 2. The average Bonchev–Trinajstić information content (AvgIpc) is 2.63. The summed E-state index contributed by atoms with van der Waals surface area (Å²) in [4.78, 5) is 8.09. The number of aromatic nitrogens is 2. The molecule has 0 atom stereocenters. The van der Waals surface area contributed by atoms with Gasteiger partial charge in [-0.25, -0.2) is 14.4 Å². The van der Waals surface area contributed by atoms with Gasteiger partial charge in [0.1, 0.15) is 12.1 Å². The van der Waals surface area contributed by atoms with E-state index in [1.165, 1.54) is 18.5 Å². The second-order valence-corrected chi connectivity index (χ2v) is 6.34. The van der Waals surface area contributed by atoms with Gasteiger partial charge in [0, 0.05) is 28.4 Å². The summed E-state index contributed by atoms with van der Waals surface area (Å²) in [6.07, 6.45) is 4.55. The molecule has 0 saturated carbocycles. The van der Waals surface area contributed by atoms with Crippen LogP contribution < -0.4 is 5.32 Å². The zero-order valence-electron chi connectivity index (χ0n) is 13.5. The largest absolute Gasteiger partial charge is 0.698 e. The predicted molar refractivity (Wildman–Crippen MR) is 97.9 cm³/mol. The van der Waals surface area contributed by atoms with Crippen molar-refractivity contribution in [3.63, 3.8) is 0 Å². The van der Waals surface area contributed by atoms with Gasteiger partial charge in [0.25, 0.3) is 0 Å². The molecule has 3 N–H and O–H groups in total. The molecule has 1 saturated heterocycles. The summed E-state index contributed by atoms with van der Waals surface area (Å²) in [5.74, 6) is -0.566. The maximum absolute atomic E-state index is 14.3. The lowest BCUT2D eigenvalue weighted by Gasteiger charge is -2.27. The molecule has 0 radical (unpaired) electrons. The van der Waals surface area contributed by atoms with E-state index in [0.717, 1.165) is 25.9 Å². The summed E-state index contributed by atoms with van der Waals surface area (Å²) < 4.78 is 14.3. The van der Waals surface area contributed by atoms with E-state index in [0.29, 0.717) is 17.0 Å². The van der Waals surface area contributed by atoms with Gasteiger partial charge in [-0.15, -0.1) is 5.70 Å². The van der Waals surface area contributed by atoms with Crippen LogP contribution in [0.25, 0.3) is 17.0 Å². The highest BCUT2D eigenvalue weighted by atomic mass is 35.5. The Bertz CT molecular complexity index is 800. The highest BCUT2D eigenvalue weighted by Gasteiger charge is 2.23. The topological polar surface area (TPSA) is 85.5 Å². The lowest BCUT2D eigenvalue weighted by molar-refractivity contribution is 0.457. The number of halogens is 2. The molecule has 1 aromatic heterocycles. The lowest BCUT2D eigenvalue weighted by atomic mass is 9.85. The normalized spacial score (nSPS) is 16.4. The molecule has 5 nitrogen and oxygen atoms in total. The van der Waals surface area contributed by atoms with Crippen LogP contribution in [0.4, 0.5) is 4.39 Å². The van der Waals surface area contributed by atoms with E-state index in [-0.39, 0.29) is 22.2 Å². The molecule has 0 aliphatic carbocycles. The first kappa shape index (κ1) is 17.5. The molecule has 0 amide bonds. The van der Waals surface area contributed by atoms with Crippen molar-refractivity contribution in [2.45, 2.75) is 12.8 Å². The quantitative estimate of drug-likeness (QED) is 0.803. The van der Waals surface area contributed by atoms with Crippen molar-refractivity contribution < 1.29 is 4.39 Å². The van der Waals surface area contributed by atoms with Crippen molar-refractivity contribution in [2.24, 2.45) is 5.92 Å². The molecule has 3 rings (SSSR count). The predicted octanol–water partition coefficient (Wildman–Crippen LogP) is 4.21. The Morgan fingerprint density at radius 1 is 1.28 bits per heavy atom. The summed E-state index contributed by atoms with van der Waals surface area (Å²) in [5, 5.41) is 12.2. The third kappa shape index (κ3) is 3.86. The number of benzene rings is 1. The number of nitrogens with zero attached hydrogens (tertiary/aromatic N) is 2. The Balaban J connectivity index is 2.11. The van der Waals surface area contributed by atoms with Gasteiger partial charge in [-0.3, -0.25) is 0 Å². The first-order valence-electron chi connectivity index (χ1n) is 8.05. The van der Waals surface area contributed by atoms with Crippen LogP contribution in [-0.2, 0) is 0 Å². The molecule has 1 aliphatic heterocycles. The SMILES string of the molecule is N=C(/C(=C(\[NH-])c1ccc(Cl)cc1F)c1ccncn1)C1CCNCC1. The van der Waals surface area contributed by atoms with Gasteiger partial charge in [0.15, 0.2) is 0 Å². The van der Waals surface area contributed by atoms with Crippen LogP contribution in [0.2, 0.25) is 5.02 Å². The molecule has 2 aromatic rings. The fourth-order valence-electron chi connectivity index (χ4n) is 2.98. The van der Waals surface area contributed by atoms with E-state index in [1.807, 2.05) is 0 Å². The van der Waals surface area contributed by atoms with E-state index >= 15 is 0 Å². The average molecular weight is 359 g/mol. The molecule has 7 heteroatoms. The molecule has 130 valence electrons. The smallest absolute Gasteiger partial charge is 0.130 e. The van der Waals surface area contributed by atoms with Gasteiger partial charge in [-0.05, 0) is 49.7 Å². The zero-order chi connectivity index (χ0) is 17.8. The monoisotopic (exact) mass is 358 g/mol. The standard InChI is InChI=1S/C18H18ClFN5/c19-12-1-2-13(14(20)9-12)18(22)16(15-5-8-24-10-25-15)17(21)11-3-6-23-7-4-11/h1-2,5,8-11,21-23H,3-4,6-7H2/q-1/b18-16-,21-17?. The number of rotatable bonds is 4. The van der Waals surface area contributed by atoms with E-state index in [1.54, 1.807) is 18.3 Å². The molecule has 2 heterocycles. The lowest BCUT2D eigenvalue weighted by Crippen LogP contribution is -2.32. The summed E-state index contributed by atoms with van der Waals surface area (Å²) in [6.45, 7) is 1.65. The van der Waals surface area contributed by atoms with Crippen LogP contribution in [0.1, 0.15) is 24.1 Å². The van der Waals surface area contributed by atoms with Crippen molar-refractivity contribution in [3.8, 4) is 0 Å². The first-order valence-corrected chi connectivity index (χ1v) is 8.43. The fourth-order valence-corrected chi connectivity index (χ4v) is 3.14. The molecule has 25 heavy (non-hydrogen) atoms. The molecule has 1 fully saturated rings. The van der Waals surface area contributed by atoms with E-state index in [4.69, 9.17) is 22.7 Å². The molecule has 1 aromatic carbocycles. The molecule has 0 unspecified atom stereocenters. The van der Waals surface area contributed by atoms with Gasteiger partial charge in [-0.1, -0.05) is 17.7 Å². The Kier molecular flexibility index (Phi) is 5.40. The van der Waals surface area contributed by atoms with E-state index in [2.05, 4.69) is 15.3 Å². The van der Waals surface area contributed by atoms with Gasteiger partial charge >= 0.3 is 0 Å². The minimum Gasteiger partial charge on any atom is -0.698 e. The Hall–Kier alpha value is -2.31. The molecule has 1 aliphatic rings. The van der Waals surface area contributed by atoms with Crippen molar-refractivity contribution >= 4 is 28.6 Å². The van der Waals surface area contributed by atoms with E-state index < -0.39 is 5.82 Å². The number of hydrogen-bond acceptors (Lipinski definition) is 4. The minimum atomic E-state index is -0.581. The molecule has 0 bridgehead atoms. The van der Waals surface area contributed by atoms with E-state index in [9.17, 15) is 4.39 Å². The van der Waals surface area contributed by atoms with Gasteiger partial charge in [0.2, 0.25) is 0 Å². The molecule has 0 spiro atoms. The Morgan fingerprint density at radius 2 is 2.04 bits per heavy atom. The maximum atomic E-state index is 14.3. The second-order valence-electron chi connectivity index (χ2n) is 5.91. The molecular formula is C18H18ClFN5-. The minimum absolute atomic E-state index is 0.0157. The van der Waals surface area contributed by atoms with Crippen molar-refractivity contribution in [2.75, 3.05) is 13.1 Å². The van der Waals surface area contributed by atoms with Crippen molar-refractivity contribution in [1.29, 1.82) is 5.41 Å². The van der Waals surface area contributed by atoms with Crippen LogP contribution in [0, 0.1) is 17.1 Å². The number of nitrogens with one attached hydrogen (secondary N) is 3. The Morgan fingerprint density at radius 3 is 2.68 bits per heavy atom. The molecular weight excluding hydrogens is 341 g/mol. The third-order valence-corrected chi connectivity index (χ3v) is 4.54. The van der Waals surface area contributed by atoms with Gasteiger partial charge < -0.3 is 16.5 Å². The Labute approximate surface area is 150 Å². The third-order valence-electron chi connectivity index (χ3n) is 4.31. The summed E-state index contributed by atoms with van der Waals surface area (Å²) in [6, 6.07) is 5.83. The van der Waals surface area contributed by atoms with Gasteiger partial charge in [0.05, 0.1) is 5.69 Å². The van der Waals surface area contributed by atoms with Crippen LogP contribution >= 0.6 is 11.6 Å². The maximum Gasteiger partial charge on any atom is 0.130 e. The summed E-state index contributed by atoms with van der Waals surface area (Å²) in [7, 11) is 0. The zero-order valence-corrected chi connectivity index (χ0v) is 14.3. The fraction of sp³-hybridized carbons (Fsp3) is 0.278. The van der Waals surface area contributed by atoms with Crippen molar-refractivity contribution in [1.82, 2.24) is 15.3 Å². The van der Waals surface area contributed by atoms with Crippen LogP contribution in [-0.4, -0.2) is 28.8 Å². The summed E-state index contributed by atoms with van der Waals surface area (Å²) in [5.41, 5.74) is 9.72. The number of piperidine rings is 1. The second kappa shape index (κ2) is 7.72.